The van der Waals surface area contributed by atoms with Gasteiger partial charge in [-0.05, 0) is 24.1 Å². The molecule has 2 unspecified atom stereocenters. The maximum absolute atomic E-state index is 9.62. The summed E-state index contributed by atoms with van der Waals surface area (Å²) in [6.07, 6.45) is -0.000575. The summed E-state index contributed by atoms with van der Waals surface area (Å²) in [5.41, 5.74) is 0.858. The minimum Gasteiger partial charge on any atom is -0.391 e. The quantitative estimate of drug-likeness (QED) is 0.901. The number of nitrogens with zero attached hydrogens (tertiary/aromatic N) is 1. The number of nitriles is 1. The molecular formula is C11H12BrNO. The molecule has 2 nitrogen and oxygen atoms in total. The van der Waals surface area contributed by atoms with Gasteiger partial charge in [-0.3, -0.25) is 0 Å². The Bertz CT molecular complexity index is 345. The highest BCUT2D eigenvalue weighted by molar-refractivity contribution is 9.10. The Balaban J connectivity index is 2.96. The molecule has 1 N–H and O–H groups in total. The first-order valence-electron chi connectivity index (χ1n) is 4.52. The van der Waals surface area contributed by atoms with Gasteiger partial charge in [0.15, 0.2) is 0 Å². The number of benzene rings is 1. The van der Waals surface area contributed by atoms with E-state index in [4.69, 9.17) is 5.26 Å². The Kier molecular flexibility index (Phi) is 4.12. The fourth-order valence-electron chi connectivity index (χ4n) is 1.32. The number of hydrogen-bond donors (Lipinski definition) is 1. The fourth-order valence-corrected chi connectivity index (χ4v) is 1.74. The topological polar surface area (TPSA) is 44.0 Å². The van der Waals surface area contributed by atoms with Crippen molar-refractivity contribution in [2.75, 3.05) is 0 Å². The molecule has 0 fully saturated rings. The Hall–Kier alpha value is -0.850. The fraction of sp³-hybridized carbons (Fsp3) is 0.364. The third kappa shape index (κ3) is 2.57. The van der Waals surface area contributed by atoms with Gasteiger partial charge in [-0.1, -0.05) is 35.0 Å². The molecule has 74 valence electrons. The van der Waals surface area contributed by atoms with Gasteiger partial charge in [0.1, 0.15) is 0 Å². The summed E-state index contributed by atoms with van der Waals surface area (Å²) in [4.78, 5) is 0. The summed E-state index contributed by atoms with van der Waals surface area (Å²) in [6.45, 7) is 1.87. The van der Waals surface area contributed by atoms with Crippen LogP contribution in [0.25, 0.3) is 0 Å². The molecule has 0 aliphatic heterocycles. The van der Waals surface area contributed by atoms with Crippen LogP contribution in [-0.4, -0.2) is 11.2 Å². The van der Waals surface area contributed by atoms with Crippen LogP contribution in [0.5, 0.6) is 0 Å². The van der Waals surface area contributed by atoms with Gasteiger partial charge in [-0.15, -0.1) is 0 Å². The highest BCUT2D eigenvalue weighted by Crippen LogP contribution is 2.23. The van der Waals surface area contributed by atoms with Crippen LogP contribution in [0.4, 0.5) is 0 Å². The highest BCUT2D eigenvalue weighted by atomic mass is 79.9. The molecule has 0 amide bonds. The largest absolute Gasteiger partial charge is 0.391 e. The summed E-state index contributed by atoms with van der Waals surface area (Å²) in [5, 5.41) is 18.6. The molecule has 0 saturated carbocycles. The second kappa shape index (κ2) is 5.14. The first kappa shape index (κ1) is 11.2. The predicted molar refractivity (Wildman–Crippen MR) is 58.8 cm³/mol. The van der Waals surface area contributed by atoms with Crippen LogP contribution in [-0.2, 0) is 0 Å². The summed E-state index contributed by atoms with van der Waals surface area (Å²) in [6, 6.07) is 9.62. The average molecular weight is 254 g/mol. The molecule has 3 heteroatoms. The summed E-state index contributed by atoms with van der Waals surface area (Å²) in [5.74, 6) is -0.433. The van der Waals surface area contributed by atoms with Crippen LogP contribution in [0, 0.1) is 11.3 Å². The molecular weight excluding hydrogens is 242 g/mol. The molecule has 1 rings (SSSR count). The first-order valence-corrected chi connectivity index (χ1v) is 5.31. The van der Waals surface area contributed by atoms with Crippen molar-refractivity contribution in [2.24, 2.45) is 0 Å². The maximum Gasteiger partial charge on any atom is 0.0972 e. The molecule has 1 aromatic carbocycles. The molecule has 0 spiro atoms. The Morgan fingerprint density at radius 3 is 2.79 bits per heavy atom. The lowest BCUT2D eigenvalue weighted by molar-refractivity contribution is 0.157. The number of aliphatic hydroxyl groups is 1. The minimum atomic E-state index is -0.589. The van der Waals surface area contributed by atoms with E-state index < -0.39 is 12.0 Å². The van der Waals surface area contributed by atoms with Gasteiger partial charge in [0.25, 0.3) is 0 Å². The van der Waals surface area contributed by atoms with E-state index in [9.17, 15) is 5.11 Å². The lowest BCUT2D eigenvalue weighted by atomic mass is 9.93. The van der Waals surface area contributed by atoms with Gasteiger partial charge < -0.3 is 5.11 Å². The van der Waals surface area contributed by atoms with Crippen molar-refractivity contribution >= 4 is 15.9 Å². The first-order chi connectivity index (χ1) is 6.69. The van der Waals surface area contributed by atoms with E-state index in [1.807, 2.05) is 31.2 Å². The lowest BCUT2D eigenvalue weighted by Crippen LogP contribution is -2.15. The van der Waals surface area contributed by atoms with E-state index in [2.05, 4.69) is 22.0 Å². The van der Waals surface area contributed by atoms with Crippen LogP contribution in [0.1, 0.15) is 24.8 Å². The predicted octanol–water partition coefficient (Wildman–Crippen LogP) is 2.83. The highest BCUT2D eigenvalue weighted by Gasteiger charge is 2.18. The van der Waals surface area contributed by atoms with Gasteiger partial charge in [-0.2, -0.15) is 5.26 Å². The summed E-state index contributed by atoms with van der Waals surface area (Å²) in [7, 11) is 0. The molecule has 0 aliphatic carbocycles. The third-order valence-corrected chi connectivity index (χ3v) is 2.64. The van der Waals surface area contributed by atoms with Crippen molar-refractivity contribution in [3.63, 3.8) is 0 Å². The Morgan fingerprint density at radius 1 is 1.57 bits per heavy atom. The molecule has 0 radical (unpaired) electrons. The van der Waals surface area contributed by atoms with Gasteiger partial charge in [0, 0.05) is 4.47 Å². The Labute approximate surface area is 92.3 Å². The molecule has 0 bridgehead atoms. The van der Waals surface area contributed by atoms with Crippen LogP contribution < -0.4 is 0 Å². The monoisotopic (exact) mass is 253 g/mol. The van der Waals surface area contributed by atoms with E-state index in [1.54, 1.807) is 0 Å². The standard InChI is InChI=1S/C11H12BrNO/c1-2-11(14)10(7-13)8-4-3-5-9(12)6-8/h3-6,10-11,14H,2H2,1H3. The molecule has 2 atom stereocenters. The SMILES string of the molecule is CCC(O)C(C#N)c1cccc(Br)c1. The van der Waals surface area contributed by atoms with Crippen LogP contribution in [0.3, 0.4) is 0 Å². The van der Waals surface area contributed by atoms with E-state index in [-0.39, 0.29) is 0 Å². The van der Waals surface area contributed by atoms with Crippen molar-refractivity contribution < 1.29 is 5.11 Å². The van der Waals surface area contributed by atoms with E-state index in [0.717, 1.165) is 10.0 Å². The zero-order valence-electron chi connectivity index (χ0n) is 7.94. The van der Waals surface area contributed by atoms with Crippen molar-refractivity contribution in [2.45, 2.75) is 25.4 Å². The molecule has 0 aliphatic rings. The summed E-state index contributed by atoms with van der Waals surface area (Å²) >= 11 is 3.34. The Morgan fingerprint density at radius 2 is 2.29 bits per heavy atom. The van der Waals surface area contributed by atoms with Crippen LogP contribution in [0.15, 0.2) is 28.7 Å². The molecule has 0 saturated heterocycles. The normalized spacial score (nSPS) is 14.4. The maximum atomic E-state index is 9.62. The van der Waals surface area contributed by atoms with Gasteiger partial charge >= 0.3 is 0 Å². The smallest absolute Gasteiger partial charge is 0.0972 e. The third-order valence-electron chi connectivity index (χ3n) is 2.15. The van der Waals surface area contributed by atoms with Gasteiger partial charge in [0.05, 0.1) is 18.1 Å². The van der Waals surface area contributed by atoms with Gasteiger partial charge in [0.2, 0.25) is 0 Å². The van der Waals surface area contributed by atoms with Crippen molar-refractivity contribution in [3.05, 3.63) is 34.3 Å². The van der Waals surface area contributed by atoms with Crippen LogP contribution >= 0.6 is 15.9 Å². The minimum absolute atomic E-state index is 0.433. The van der Waals surface area contributed by atoms with Crippen molar-refractivity contribution in [3.8, 4) is 6.07 Å². The molecule has 0 heterocycles. The number of halogens is 1. The second-order valence-corrected chi connectivity index (χ2v) is 4.05. The summed E-state index contributed by atoms with van der Waals surface area (Å²) < 4.78 is 0.929. The van der Waals surface area contributed by atoms with E-state index >= 15 is 0 Å². The van der Waals surface area contributed by atoms with Crippen molar-refractivity contribution in [1.82, 2.24) is 0 Å². The molecule has 0 aromatic heterocycles. The zero-order chi connectivity index (χ0) is 10.6. The van der Waals surface area contributed by atoms with E-state index in [1.165, 1.54) is 0 Å². The van der Waals surface area contributed by atoms with Crippen LogP contribution in [0.2, 0.25) is 0 Å². The van der Waals surface area contributed by atoms with E-state index in [0.29, 0.717) is 6.42 Å². The molecule has 1 aromatic rings. The number of aliphatic hydroxyl groups excluding tert-OH is 1. The lowest BCUT2D eigenvalue weighted by Gasteiger charge is -2.15. The van der Waals surface area contributed by atoms with Crippen molar-refractivity contribution in [1.29, 1.82) is 5.26 Å². The average Bonchev–Trinajstić information content (AvgIpc) is 2.19. The number of hydrogen-bond acceptors (Lipinski definition) is 2. The second-order valence-electron chi connectivity index (χ2n) is 3.14. The molecule has 14 heavy (non-hydrogen) atoms. The number of rotatable bonds is 3. The zero-order valence-corrected chi connectivity index (χ0v) is 9.53. The van der Waals surface area contributed by atoms with Gasteiger partial charge in [-0.25, -0.2) is 0 Å².